The molecule has 0 aliphatic rings. The van der Waals surface area contributed by atoms with Gasteiger partial charge in [0.25, 0.3) is 5.91 Å². The van der Waals surface area contributed by atoms with Crippen molar-refractivity contribution >= 4 is 11.6 Å². The fourth-order valence-corrected chi connectivity index (χ4v) is 3.21. The van der Waals surface area contributed by atoms with E-state index >= 15 is 0 Å². The normalized spacial score (nSPS) is 10.8. The van der Waals surface area contributed by atoms with Crippen LogP contribution in [0.25, 0.3) is 17.1 Å². The topological polar surface area (TPSA) is 78.3 Å². The van der Waals surface area contributed by atoms with Crippen molar-refractivity contribution in [3.05, 3.63) is 89.5 Å². The highest BCUT2D eigenvalue weighted by molar-refractivity contribution is 6.04. The number of amides is 1. The van der Waals surface area contributed by atoms with E-state index in [9.17, 15) is 13.6 Å². The molecule has 1 heterocycles. The molecular weight excluding hydrogens is 442 g/mol. The third kappa shape index (κ3) is 5.26. The summed E-state index contributed by atoms with van der Waals surface area (Å²) in [5.74, 6) is -0.609. The number of nitrogens with one attached hydrogen (secondary N) is 1. The first kappa shape index (κ1) is 23.1. The van der Waals surface area contributed by atoms with E-state index in [4.69, 9.17) is 9.47 Å². The molecule has 0 spiro atoms. The Hall–Kier alpha value is -4.11. The summed E-state index contributed by atoms with van der Waals surface area (Å²) in [6.07, 6.45) is 0. The molecule has 0 aliphatic carbocycles. The van der Waals surface area contributed by atoms with Gasteiger partial charge in [0, 0.05) is 23.9 Å². The molecule has 34 heavy (non-hydrogen) atoms. The van der Waals surface area contributed by atoms with E-state index in [1.165, 1.54) is 30.3 Å². The Morgan fingerprint density at radius 3 is 2.41 bits per heavy atom. The molecule has 4 aromatic rings. The van der Waals surface area contributed by atoms with Gasteiger partial charge in [0.05, 0.1) is 12.3 Å². The van der Waals surface area contributed by atoms with Crippen molar-refractivity contribution in [2.75, 3.05) is 25.6 Å². The fraction of sp³-hybridized carbons (Fsp3) is 0.160. The minimum Gasteiger partial charge on any atom is -0.460 e. The van der Waals surface area contributed by atoms with E-state index in [1.54, 1.807) is 55.1 Å². The Bertz CT molecular complexity index is 1290. The summed E-state index contributed by atoms with van der Waals surface area (Å²) in [5, 5.41) is 7.21. The number of carbonyl (C=O) groups excluding carboxylic acids is 1. The molecule has 0 unspecified atom stereocenters. The predicted molar refractivity (Wildman–Crippen MR) is 123 cm³/mol. The summed E-state index contributed by atoms with van der Waals surface area (Å²) < 4.78 is 39.0. The van der Waals surface area contributed by atoms with Gasteiger partial charge in [-0.05, 0) is 79.2 Å². The highest BCUT2D eigenvalue weighted by atomic mass is 19.1. The zero-order valence-corrected chi connectivity index (χ0v) is 18.6. The number of hydrogen-bond donors (Lipinski definition) is 1. The number of aryl methyl sites for hydroxylation is 1. The van der Waals surface area contributed by atoms with Crippen LogP contribution in [0.3, 0.4) is 0 Å². The van der Waals surface area contributed by atoms with Crippen molar-refractivity contribution in [3.8, 4) is 23.1 Å². The molecule has 9 heteroatoms. The van der Waals surface area contributed by atoms with Crippen LogP contribution >= 0.6 is 0 Å². The maximum Gasteiger partial charge on any atom is 0.336 e. The summed E-state index contributed by atoms with van der Waals surface area (Å²) in [6, 6.07) is 17.2. The van der Waals surface area contributed by atoms with Crippen LogP contribution in [-0.2, 0) is 4.74 Å². The van der Waals surface area contributed by atoms with E-state index in [0.29, 0.717) is 40.5 Å². The van der Waals surface area contributed by atoms with Crippen LogP contribution < -0.4 is 10.1 Å². The molecule has 0 bridgehead atoms. The Labute approximate surface area is 195 Å². The van der Waals surface area contributed by atoms with Gasteiger partial charge in [0.2, 0.25) is 0 Å². The van der Waals surface area contributed by atoms with Crippen molar-refractivity contribution in [3.63, 3.8) is 0 Å². The van der Waals surface area contributed by atoms with Crippen LogP contribution in [0.2, 0.25) is 0 Å². The van der Waals surface area contributed by atoms with E-state index in [-0.39, 0.29) is 30.2 Å². The lowest BCUT2D eigenvalue weighted by atomic mass is 10.1. The first-order valence-electron chi connectivity index (χ1n) is 10.5. The van der Waals surface area contributed by atoms with E-state index in [2.05, 4.69) is 15.4 Å². The number of methoxy groups -OCH3 is 1. The van der Waals surface area contributed by atoms with Gasteiger partial charge in [-0.2, -0.15) is 4.98 Å². The standard InChI is InChI=1S/C25H22F2N4O3/c1-16-15-18(5-12-22(16)27)24(32)28-20-8-10-21(11-9-20)31-23(17-3-6-19(26)7-4-17)29-25(30-31)34-14-13-33-2/h3-12,15H,13-14H2,1-2H3,(H,28,32). The van der Waals surface area contributed by atoms with Crippen LogP contribution in [0.1, 0.15) is 15.9 Å². The Balaban J connectivity index is 1.58. The minimum atomic E-state index is -0.365. The van der Waals surface area contributed by atoms with Gasteiger partial charge >= 0.3 is 6.01 Å². The molecule has 0 saturated heterocycles. The lowest BCUT2D eigenvalue weighted by Crippen LogP contribution is -2.12. The number of anilines is 1. The number of halogens is 2. The number of nitrogens with zero attached hydrogens (tertiary/aromatic N) is 3. The molecule has 4 rings (SSSR count). The summed E-state index contributed by atoms with van der Waals surface area (Å²) in [4.78, 5) is 16.9. The maximum absolute atomic E-state index is 13.5. The van der Waals surface area contributed by atoms with Crippen molar-refractivity contribution < 1.29 is 23.0 Å². The first-order chi connectivity index (χ1) is 16.4. The second-order valence-electron chi connectivity index (χ2n) is 7.44. The molecule has 1 N–H and O–H groups in total. The number of hydrogen-bond acceptors (Lipinski definition) is 5. The molecule has 3 aromatic carbocycles. The number of rotatable bonds is 8. The highest BCUT2D eigenvalue weighted by Gasteiger charge is 2.15. The van der Waals surface area contributed by atoms with Crippen LogP contribution in [0.15, 0.2) is 66.7 Å². The molecular formula is C25H22F2N4O3. The molecule has 0 aliphatic heterocycles. The zero-order valence-electron chi connectivity index (χ0n) is 18.6. The lowest BCUT2D eigenvalue weighted by molar-refractivity contribution is 0.102. The van der Waals surface area contributed by atoms with Gasteiger partial charge in [-0.15, -0.1) is 5.10 Å². The van der Waals surface area contributed by atoms with Crippen molar-refractivity contribution in [1.29, 1.82) is 0 Å². The van der Waals surface area contributed by atoms with E-state index in [1.807, 2.05) is 0 Å². The van der Waals surface area contributed by atoms with Crippen molar-refractivity contribution in [2.45, 2.75) is 6.92 Å². The Kier molecular flexibility index (Phi) is 6.93. The Morgan fingerprint density at radius 1 is 1.00 bits per heavy atom. The fourth-order valence-electron chi connectivity index (χ4n) is 3.21. The number of ether oxygens (including phenoxy) is 2. The molecule has 0 radical (unpaired) electrons. The van der Waals surface area contributed by atoms with E-state index < -0.39 is 0 Å². The van der Waals surface area contributed by atoms with E-state index in [0.717, 1.165) is 0 Å². The van der Waals surface area contributed by atoms with Crippen molar-refractivity contribution in [1.82, 2.24) is 14.8 Å². The lowest BCUT2D eigenvalue weighted by Gasteiger charge is -2.09. The minimum absolute atomic E-state index is 0.153. The van der Waals surface area contributed by atoms with Gasteiger partial charge in [-0.1, -0.05) is 0 Å². The molecule has 0 fully saturated rings. The van der Waals surface area contributed by atoms with Crippen LogP contribution in [-0.4, -0.2) is 41.0 Å². The second-order valence-corrected chi connectivity index (χ2v) is 7.44. The molecule has 0 saturated carbocycles. The first-order valence-corrected chi connectivity index (χ1v) is 10.5. The summed E-state index contributed by atoms with van der Waals surface area (Å²) in [7, 11) is 1.57. The second kappa shape index (κ2) is 10.2. The smallest absolute Gasteiger partial charge is 0.336 e. The van der Waals surface area contributed by atoms with Gasteiger partial charge in [-0.25, -0.2) is 13.5 Å². The predicted octanol–water partition coefficient (Wildman–Crippen LogP) is 4.80. The number of carbonyl (C=O) groups is 1. The summed E-state index contributed by atoms with van der Waals surface area (Å²) in [5.41, 5.74) is 2.61. The number of aromatic nitrogens is 3. The van der Waals surface area contributed by atoms with Gasteiger partial charge in [0.1, 0.15) is 18.2 Å². The number of benzene rings is 3. The quantitative estimate of drug-likeness (QED) is 0.379. The van der Waals surface area contributed by atoms with Gasteiger partial charge in [-0.3, -0.25) is 4.79 Å². The van der Waals surface area contributed by atoms with Crippen LogP contribution in [0.5, 0.6) is 6.01 Å². The molecule has 1 amide bonds. The third-order valence-corrected chi connectivity index (χ3v) is 5.00. The van der Waals surface area contributed by atoms with Gasteiger partial charge in [0.15, 0.2) is 5.82 Å². The molecule has 1 aromatic heterocycles. The molecule has 0 atom stereocenters. The zero-order chi connectivity index (χ0) is 24.1. The summed E-state index contributed by atoms with van der Waals surface area (Å²) in [6.45, 7) is 2.25. The average Bonchev–Trinajstić information content (AvgIpc) is 3.26. The third-order valence-electron chi connectivity index (χ3n) is 5.00. The maximum atomic E-state index is 13.5. The molecule has 174 valence electrons. The average molecular weight is 464 g/mol. The Morgan fingerprint density at radius 2 is 1.74 bits per heavy atom. The van der Waals surface area contributed by atoms with Crippen LogP contribution in [0.4, 0.5) is 14.5 Å². The van der Waals surface area contributed by atoms with Crippen molar-refractivity contribution in [2.24, 2.45) is 0 Å². The largest absolute Gasteiger partial charge is 0.460 e. The van der Waals surface area contributed by atoms with Gasteiger partial charge < -0.3 is 14.8 Å². The SMILES string of the molecule is COCCOc1nc(-c2ccc(F)cc2)n(-c2ccc(NC(=O)c3ccc(F)c(C)c3)cc2)n1. The summed E-state index contributed by atoms with van der Waals surface area (Å²) >= 11 is 0. The molecule has 7 nitrogen and oxygen atoms in total. The van der Waals surface area contributed by atoms with Crippen LogP contribution in [0, 0.1) is 18.6 Å². The monoisotopic (exact) mass is 464 g/mol. The highest BCUT2D eigenvalue weighted by Crippen LogP contribution is 2.25.